The fourth-order valence-electron chi connectivity index (χ4n) is 2.09. The van der Waals surface area contributed by atoms with Crippen LogP contribution in [0.25, 0.3) is 0 Å². The predicted octanol–water partition coefficient (Wildman–Crippen LogP) is 1.59. The number of nitrogens with zero attached hydrogens (tertiary/aromatic N) is 1. The molecule has 1 saturated heterocycles. The molecule has 1 amide bonds. The molecule has 1 fully saturated rings. The second-order valence-corrected chi connectivity index (χ2v) is 4.29. The average molecular weight is 227 g/mol. The van der Waals surface area contributed by atoms with E-state index in [1.54, 1.807) is 6.92 Å². The molecule has 1 aliphatic heterocycles. The molecule has 0 radical (unpaired) electrons. The van der Waals surface area contributed by atoms with Crippen LogP contribution in [0.5, 0.6) is 0 Å². The van der Waals surface area contributed by atoms with Crippen molar-refractivity contribution in [2.75, 3.05) is 19.7 Å². The van der Waals surface area contributed by atoms with Crippen molar-refractivity contribution in [1.82, 2.24) is 4.90 Å². The molecule has 0 aromatic carbocycles. The van der Waals surface area contributed by atoms with Crippen LogP contribution in [0.4, 0.5) is 0 Å². The number of esters is 1. The molecule has 0 saturated carbocycles. The number of carbonyl (C=O) groups excluding carboxylic acids is 2. The third kappa shape index (κ3) is 4.21. The summed E-state index contributed by atoms with van der Waals surface area (Å²) in [5.74, 6) is 0.625. The van der Waals surface area contributed by atoms with Gasteiger partial charge in [0.2, 0.25) is 5.91 Å². The minimum atomic E-state index is -0.100. The topological polar surface area (TPSA) is 46.6 Å². The molecule has 0 unspecified atom stereocenters. The zero-order valence-electron chi connectivity index (χ0n) is 10.2. The molecule has 0 atom stereocenters. The normalized spacial score (nSPS) is 17.2. The maximum absolute atomic E-state index is 11.2. The Balaban J connectivity index is 2.17. The van der Waals surface area contributed by atoms with E-state index in [1.165, 1.54) is 0 Å². The van der Waals surface area contributed by atoms with Gasteiger partial charge in [0.25, 0.3) is 0 Å². The van der Waals surface area contributed by atoms with Crippen LogP contribution < -0.4 is 0 Å². The number of rotatable bonds is 4. The molecular formula is C12H21NO3. The minimum Gasteiger partial charge on any atom is -0.466 e. The van der Waals surface area contributed by atoms with E-state index in [0.717, 1.165) is 32.4 Å². The van der Waals surface area contributed by atoms with E-state index in [9.17, 15) is 9.59 Å². The highest BCUT2D eigenvalue weighted by Gasteiger charge is 2.21. The quantitative estimate of drug-likeness (QED) is 0.685. The van der Waals surface area contributed by atoms with Gasteiger partial charge < -0.3 is 9.64 Å². The highest BCUT2D eigenvalue weighted by atomic mass is 16.5. The smallest absolute Gasteiger partial charge is 0.305 e. The Bertz CT molecular complexity index is 245. The molecule has 16 heavy (non-hydrogen) atoms. The predicted molar refractivity (Wildman–Crippen MR) is 60.8 cm³/mol. The Morgan fingerprint density at radius 2 is 1.94 bits per heavy atom. The molecule has 4 heteroatoms. The Morgan fingerprint density at radius 3 is 2.44 bits per heavy atom. The van der Waals surface area contributed by atoms with Gasteiger partial charge in [-0.05, 0) is 32.1 Å². The van der Waals surface area contributed by atoms with Crippen molar-refractivity contribution < 1.29 is 14.3 Å². The van der Waals surface area contributed by atoms with Crippen LogP contribution in [0.3, 0.4) is 0 Å². The lowest BCUT2D eigenvalue weighted by atomic mass is 9.92. The summed E-state index contributed by atoms with van der Waals surface area (Å²) < 4.78 is 4.89. The van der Waals surface area contributed by atoms with E-state index in [-0.39, 0.29) is 11.9 Å². The van der Waals surface area contributed by atoms with Gasteiger partial charge in [-0.1, -0.05) is 0 Å². The van der Waals surface area contributed by atoms with Crippen LogP contribution in [-0.2, 0) is 14.3 Å². The molecule has 0 spiro atoms. The summed E-state index contributed by atoms with van der Waals surface area (Å²) in [4.78, 5) is 24.2. The lowest BCUT2D eigenvalue weighted by Gasteiger charge is -2.31. The van der Waals surface area contributed by atoms with Crippen LogP contribution in [0.2, 0.25) is 0 Å². The van der Waals surface area contributed by atoms with E-state index < -0.39 is 0 Å². The maximum Gasteiger partial charge on any atom is 0.305 e. The van der Waals surface area contributed by atoms with E-state index in [2.05, 4.69) is 0 Å². The summed E-state index contributed by atoms with van der Waals surface area (Å²) in [6.45, 7) is 5.56. The molecule has 0 bridgehead atoms. The second-order valence-electron chi connectivity index (χ2n) is 4.29. The van der Waals surface area contributed by atoms with Crippen LogP contribution >= 0.6 is 0 Å². The fourth-order valence-corrected chi connectivity index (χ4v) is 2.09. The van der Waals surface area contributed by atoms with E-state index in [4.69, 9.17) is 4.74 Å². The lowest BCUT2D eigenvalue weighted by Crippen LogP contribution is -2.37. The largest absolute Gasteiger partial charge is 0.466 e. The van der Waals surface area contributed by atoms with Gasteiger partial charge in [0.05, 0.1) is 6.61 Å². The number of likely N-dealkylation sites (tertiary alicyclic amines) is 1. The fraction of sp³-hybridized carbons (Fsp3) is 0.833. The van der Waals surface area contributed by atoms with Gasteiger partial charge >= 0.3 is 5.97 Å². The van der Waals surface area contributed by atoms with Crippen molar-refractivity contribution >= 4 is 11.9 Å². The van der Waals surface area contributed by atoms with Gasteiger partial charge in [-0.15, -0.1) is 0 Å². The minimum absolute atomic E-state index is 0.100. The van der Waals surface area contributed by atoms with Gasteiger partial charge in [0.1, 0.15) is 0 Å². The standard InChI is InChI=1S/C12H21NO3/c1-3-16-12(15)5-4-11-6-8-13(9-7-11)10(2)14/h11H,3-9H2,1-2H3. The zero-order chi connectivity index (χ0) is 12.0. The Kier molecular flexibility index (Phi) is 5.29. The Labute approximate surface area is 96.9 Å². The summed E-state index contributed by atoms with van der Waals surface area (Å²) in [5, 5.41) is 0. The molecule has 0 N–H and O–H groups in total. The van der Waals surface area contributed by atoms with Crippen LogP contribution in [0.1, 0.15) is 39.5 Å². The summed E-state index contributed by atoms with van der Waals surface area (Å²) in [7, 11) is 0. The van der Waals surface area contributed by atoms with Gasteiger partial charge in [0, 0.05) is 26.4 Å². The summed E-state index contributed by atoms with van der Waals surface area (Å²) in [5.41, 5.74) is 0. The highest BCUT2D eigenvalue weighted by Crippen LogP contribution is 2.21. The van der Waals surface area contributed by atoms with Crippen LogP contribution in [0.15, 0.2) is 0 Å². The number of ether oxygens (including phenoxy) is 1. The van der Waals surface area contributed by atoms with E-state index in [0.29, 0.717) is 18.9 Å². The zero-order valence-corrected chi connectivity index (χ0v) is 10.2. The van der Waals surface area contributed by atoms with Crippen molar-refractivity contribution in [2.24, 2.45) is 5.92 Å². The molecule has 0 aromatic heterocycles. The summed E-state index contributed by atoms with van der Waals surface area (Å²) in [6.07, 6.45) is 3.43. The lowest BCUT2D eigenvalue weighted by molar-refractivity contribution is -0.143. The third-order valence-corrected chi connectivity index (χ3v) is 3.12. The monoisotopic (exact) mass is 227 g/mol. The summed E-state index contributed by atoms with van der Waals surface area (Å²) in [6, 6.07) is 0. The van der Waals surface area contributed by atoms with Crippen molar-refractivity contribution in [3.05, 3.63) is 0 Å². The second kappa shape index (κ2) is 6.51. The number of hydrogen-bond acceptors (Lipinski definition) is 3. The van der Waals surface area contributed by atoms with E-state index in [1.807, 2.05) is 11.8 Å². The SMILES string of the molecule is CCOC(=O)CCC1CCN(C(C)=O)CC1. The first kappa shape index (κ1) is 13.0. The molecule has 0 aliphatic carbocycles. The molecule has 4 nitrogen and oxygen atoms in total. The van der Waals surface area contributed by atoms with Gasteiger partial charge in [-0.2, -0.15) is 0 Å². The van der Waals surface area contributed by atoms with Crippen molar-refractivity contribution in [3.8, 4) is 0 Å². The number of piperidine rings is 1. The van der Waals surface area contributed by atoms with Crippen LogP contribution in [0, 0.1) is 5.92 Å². The van der Waals surface area contributed by atoms with Gasteiger partial charge in [0.15, 0.2) is 0 Å². The Morgan fingerprint density at radius 1 is 1.31 bits per heavy atom. The number of hydrogen-bond donors (Lipinski definition) is 0. The first-order valence-corrected chi connectivity index (χ1v) is 6.04. The van der Waals surface area contributed by atoms with Crippen molar-refractivity contribution in [1.29, 1.82) is 0 Å². The van der Waals surface area contributed by atoms with Crippen molar-refractivity contribution in [2.45, 2.75) is 39.5 Å². The number of amides is 1. The first-order chi connectivity index (χ1) is 7.63. The summed E-state index contributed by atoms with van der Waals surface area (Å²) >= 11 is 0. The van der Waals surface area contributed by atoms with Crippen molar-refractivity contribution in [3.63, 3.8) is 0 Å². The van der Waals surface area contributed by atoms with Crippen LogP contribution in [-0.4, -0.2) is 36.5 Å². The number of carbonyl (C=O) groups is 2. The molecule has 1 aliphatic rings. The average Bonchev–Trinajstić information content (AvgIpc) is 2.27. The maximum atomic E-state index is 11.2. The molecule has 1 rings (SSSR count). The highest BCUT2D eigenvalue weighted by molar-refractivity contribution is 5.73. The molecule has 1 heterocycles. The first-order valence-electron chi connectivity index (χ1n) is 6.04. The van der Waals surface area contributed by atoms with Gasteiger partial charge in [-0.25, -0.2) is 0 Å². The molecular weight excluding hydrogens is 206 g/mol. The molecule has 0 aromatic rings. The molecule has 92 valence electrons. The van der Waals surface area contributed by atoms with Gasteiger partial charge in [-0.3, -0.25) is 9.59 Å². The Hall–Kier alpha value is -1.06. The van der Waals surface area contributed by atoms with E-state index >= 15 is 0 Å². The third-order valence-electron chi connectivity index (χ3n) is 3.12.